The first-order valence-electron chi connectivity index (χ1n) is 11.6. The van der Waals surface area contributed by atoms with Crippen LogP contribution in [-0.4, -0.2) is 18.7 Å². The van der Waals surface area contributed by atoms with Gasteiger partial charge >= 0.3 is 12.1 Å². The summed E-state index contributed by atoms with van der Waals surface area (Å²) in [5, 5.41) is 0. The van der Waals surface area contributed by atoms with E-state index in [1.807, 2.05) is 0 Å². The highest BCUT2D eigenvalue weighted by Gasteiger charge is 2.23. The van der Waals surface area contributed by atoms with Gasteiger partial charge in [0.15, 0.2) is 0 Å². The lowest BCUT2D eigenvalue weighted by Crippen LogP contribution is -2.19. The van der Waals surface area contributed by atoms with E-state index >= 15 is 0 Å². The molecule has 0 aliphatic rings. The van der Waals surface area contributed by atoms with E-state index in [2.05, 4.69) is 41.2 Å². The van der Waals surface area contributed by atoms with Gasteiger partial charge < -0.3 is 4.74 Å². The molecule has 0 bridgehead atoms. The second kappa shape index (κ2) is 19.9. The van der Waals surface area contributed by atoms with Crippen molar-refractivity contribution in [3.63, 3.8) is 0 Å². The molecule has 0 aromatic heterocycles. The van der Waals surface area contributed by atoms with Gasteiger partial charge in [0.2, 0.25) is 0 Å². The largest absolute Gasteiger partial charge is 0.462 e. The van der Waals surface area contributed by atoms with Crippen LogP contribution in [0.25, 0.3) is 0 Å². The quantitative estimate of drug-likeness (QED) is 0.144. The van der Waals surface area contributed by atoms with E-state index in [9.17, 15) is 4.79 Å². The molecule has 0 saturated heterocycles. The lowest BCUT2D eigenvalue weighted by molar-refractivity contribution is -0.191. The number of hydrogen-bond donors (Lipinski definition) is 0. The summed E-state index contributed by atoms with van der Waals surface area (Å²) < 4.78 is 5.54. The number of rotatable bonds is 17. The molecule has 0 aliphatic heterocycles. The Kier molecular flexibility index (Phi) is 20.4. The fourth-order valence-electron chi connectivity index (χ4n) is 3.49. The van der Waals surface area contributed by atoms with E-state index in [0.717, 1.165) is 25.7 Å². The van der Waals surface area contributed by atoms with Gasteiger partial charge in [-0.2, -0.15) is 9.59 Å². The molecule has 0 spiro atoms. The smallest absolute Gasteiger partial charge is 0.373 e. The highest BCUT2D eigenvalue weighted by molar-refractivity contribution is 5.87. The average Bonchev–Trinajstić information content (AvgIpc) is 2.67. The number of carbonyl (C=O) groups excluding carboxylic acids is 3. The minimum absolute atomic E-state index is 0.131. The molecular weight excluding hydrogens is 364 g/mol. The Balaban J connectivity index is 0. The normalized spacial score (nSPS) is 11.8. The van der Waals surface area contributed by atoms with E-state index in [-0.39, 0.29) is 17.5 Å². The van der Waals surface area contributed by atoms with Gasteiger partial charge in [-0.25, -0.2) is 4.79 Å². The highest BCUT2D eigenvalue weighted by Crippen LogP contribution is 2.31. The fourth-order valence-corrected chi connectivity index (χ4v) is 3.49. The van der Waals surface area contributed by atoms with Crippen LogP contribution in [-0.2, 0) is 19.1 Å². The number of carbonyl (C=O) groups is 1. The van der Waals surface area contributed by atoms with Crippen molar-refractivity contribution in [1.29, 1.82) is 0 Å². The lowest BCUT2D eigenvalue weighted by atomic mass is 9.81. The van der Waals surface area contributed by atoms with Gasteiger partial charge in [-0.15, -0.1) is 0 Å². The molecule has 0 heterocycles. The zero-order chi connectivity index (χ0) is 22.5. The standard InChI is InChI=1S/C24H46O2.CO2/c1-7-10-12-13-14-15-16-18-24(5,6)19-21(4)23(25)26-20-22(9-3)17-11-8-2;2-1-3/h22H,4,7-20H2,1-3,5-6H3;. The van der Waals surface area contributed by atoms with Crippen molar-refractivity contribution in [2.75, 3.05) is 6.61 Å². The molecule has 1 unspecified atom stereocenters. The maximum atomic E-state index is 12.3. The first-order valence-corrected chi connectivity index (χ1v) is 11.6. The zero-order valence-electron chi connectivity index (χ0n) is 19.8. The van der Waals surface area contributed by atoms with E-state index in [1.165, 1.54) is 57.8 Å². The van der Waals surface area contributed by atoms with Gasteiger partial charge in [-0.3, -0.25) is 0 Å². The van der Waals surface area contributed by atoms with Gasteiger partial charge in [0.05, 0.1) is 6.61 Å². The second-order valence-electron chi connectivity index (χ2n) is 8.91. The molecule has 0 N–H and O–H groups in total. The molecule has 4 heteroatoms. The fraction of sp³-hybridized carbons (Fsp3) is 0.840. The van der Waals surface area contributed by atoms with Gasteiger partial charge in [-0.05, 0) is 30.6 Å². The molecule has 0 saturated carbocycles. The van der Waals surface area contributed by atoms with Crippen LogP contribution in [0, 0.1) is 11.3 Å². The molecule has 0 aliphatic carbocycles. The van der Waals surface area contributed by atoms with Gasteiger partial charge in [-0.1, -0.05) is 105 Å². The summed E-state index contributed by atoms with van der Waals surface area (Å²) in [6.45, 7) is 15.7. The Hall–Kier alpha value is -1.41. The Morgan fingerprint density at radius 2 is 1.45 bits per heavy atom. The van der Waals surface area contributed by atoms with Crippen LogP contribution in [0.1, 0.15) is 118 Å². The lowest BCUT2D eigenvalue weighted by Gasteiger charge is -2.25. The number of esters is 1. The number of ether oxygens (including phenoxy) is 1. The third-order valence-electron chi connectivity index (χ3n) is 5.43. The van der Waals surface area contributed by atoms with Crippen molar-refractivity contribution in [3.05, 3.63) is 12.2 Å². The van der Waals surface area contributed by atoms with Crippen LogP contribution in [0.5, 0.6) is 0 Å². The first-order chi connectivity index (χ1) is 13.8. The van der Waals surface area contributed by atoms with Crippen LogP contribution in [0.2, 0.25) is 0 Å². The summed E-state index contributed by atoms with van der Waals surface area (Å²) in [6, 6.07) is 0. The molecule has 1 atom stereocenters. The number of unbranched alkanes of at least 4 members (excludes halogenated alkanes) is 7. The van der Waals surface area contributed by atoms with Crippen molar-refractivity contribution < 1.29 is 19.1 Å². The van der Waals surface area contributed by atoms with E-state index in [4.69, 9.17) is 14.3 Å². The maximum absolute atomic E-state index is 12.3. The monoisotopic (exact) mass is 410 g/mol. The van der Waals surface area contributed by atoms with E-state index in [0.29, 0.717) is 18.1 Å². The summed E-state index contributed by atoms with van der Waals surface area (Å²) >= 11 is 0. The molecule has 0 aromatic rings. The van der Waals surface area contributed by atoms with Crippen LogP contribution in [0.4, 0.5) is 0 Å². The molecule has 0 radical (unpaired) electrons. The van der Waals surface area contributed by atoms with Gasteiger partial charge in [0.25, 0.3) is 0 Å². The predicted octanol–water partition coefficient (Wildman–Crippen LogP) is 7.28. The van der Waals surface area contributed by atoms with Crippen molar-refractivity contribution in [2.45, 2.75) is 118 Å². The van der Waals surface area contributed by atoms with Crippen molar-refractivity contribution in [3.8, 4) is 0 Å². The predicted molar refractivity (Wildman–Crippen MR) is 119 cm³/mol. The Bertz CT molecular complexity index is 448. The highest BCUT2D eigenvalue weighted by atomic mass is 16.5. The Morgan fingerprint density at radius 3 is 1.97 bits per heavy atom. The van der Waals surface area contributed by atoms with E-state index < -0.39 is 0 Å². The van der Waals surface area contributed by atoms with Gasteiger partial charge in [0, 0.05) is 5.57 Å². The second-order valence-corrected chi connectivity index (χ2v) is 8.91. The number of hydrogen-bond acceptors (Lipinski definition) is 4. The molecular formula is C25H46O4. The molecule has 4 nitrogen and oxygen atoms in total. The minimum atomic E-state index is -0.187. The summed E-state index contributed by atoms with van der Waals surface area (Å²) in [7, 11) is 0. The van der Waals surface area contributed by atoms with Crippen molar-refractivity contribution >= 4 is 12.1 Å². The summed E-state index contributed by atoms with van der Waals surface area (Å²) in [4.78, 5) is 28.5. The summed E-state index contributed by atoms with van der Waals surface area (Å²) in [6.07, 6.45) is 16.1. The average molecular weight is 411 g/mol. The van der Waals surface area contributed by atoms with Crippen molar-refractivity contribution in [2.24, 2.45) is 11.3 Å². The topological polar surface area (TPSA) is 60.4 Å². The third kappa shape index (κ3) is 19.7. The molecule has 170 valence electrons. The molecule has 29 heavy (non-hydrogen) atoms. The Labute approximate surface area is 179 Å². The summed E-state index contributed by atoms with van der Waals surface area (Å²) in [5.74, 6) is 0.306. The molecule has 0 amide bonds. The molecule has 0 fully saturated rings. The van der Waals surface area contributed by atoms with E-state index in [1.54, 1.807) is 0 Å². The van der Waals surface area contributed by atoms with Crippen LogP contribution < -0.4 is 0 Å². The SMILES string of the molecule is C=C(CC(C)(C)CCCCCCCCC)C(=O)OCC(CC)CCCC.O=C=O. The Morgan fingerprint density at radius 1 is 0.931 bits per heavy atom. The third-order valence-corrected chi connectivity index (χ3v) is 5.43. The van der Waals surface area contributed by atoms with Gasteiger partial charge in [0.1, 0.15) is 0 Å². The van der Waals surface area contributed by atoms with Crippen LogP contribution >= 0.6 is 0 Å². The minimum Gasteiger partial charge on any atom is -0.462 e. The summed E-state index contributed by atoms with van der Waals surface area (Å²) in [5.41, 5.74) is 0.773. The van der Waals surface area contributed by atoms with Crippen LogP contribution in [0.3, 0.4) is 0 Å². The zero-order valence-corrected chi connectivity index (χ0v) is 19.8. The molecule has 0 aromatic carbocycles. The maximum Gasteiger partial charge on any atom is 0.373 e. The molecule has 0 rings (SSSR count). The first kappa shape index (κ1) is 29.8. The van der Waals surface area contributed by atoms with Crippen LogP contribution in [0.15, 0.2) is 12.2 Å². The van der Waals surface area contributed by atoms with Crippen molar-refractivity contribution in [1.82, 2.24) is 0 Å².